The molecule has 1 N–H and O–H groups in total. The fourth-order valence-electron chi connectivity index (χ4n) is 2.83. The van der Waals surface area contributed by atoms with Gasteiger partial charge in [0.15, 0.2) is 17.1 Å². The quantitative estimate of drug-likeness (QED) is 0.505. The van der Waals surface area contributed by atoms with Crippen LogP contribution in [-0.2, 0) is 4.79 Å². The highest BCUT2D eigenvalue weighted by Crippen LogP contribution is 2.34. The van der Waals surface area contributed by atoms with Crippen molar-refractivity contribution >= 4 is 29.0 Å². The molecule has 0 atom stereocenters. The lowest BCUT2D eigenvalue weighted by atomic mass is 10.2. The largest absolute Gasteiger partial charge is 0.454 e. The van der Waals surface area contributed by atoms with Crippen molar-refractivity contribution in [3.05, 3.63) is 54.9 Å². The lowest BCUT2D eigenvalue weighted by Crippen LogP contribution is -2.14. The molecule has 3 aromatic heterocycles. The third-order valence-corrected chi connectivity index (χ3v) is 5.10. The Morgan fingerprint density at radius 2 is 2.07 bits per heavy atom. The normalized spacial score (nSPS) is 12.3. The number of fused-ring (bicyclic) bond motifs is 2. The SMILES string of the molecule is O=C(CSc1nnc2ccc(-c3cccnc3)nn12)Nc1ccc2c(c1)OCO2. The molecule has 0 radical (unpaired) electrons. The zero-order chi connectivity index (χ0) is 19.6. The van der Waals surface area contributed by atoms with E-state index in [-0.39, 0.29) is 18.5 Å². The minimum absolute atomic E-state index is 0.161. The molecule has 1 aliphatic heterocycles. The van der Waals surface area contributed by atoms with Crippen LogP contribution in [0.4, 0.5) is 5.69 Å². The van der Waals surface area contributed by atoms with Gasteiger partial charge in [-0.25, -0.2) is 0 Å². The van der Waals surface area contributed by atoms with Gasteiger partial charge >= 0.3 is 0 Å². The molecule has 5 rings (SSSR count). The summed E-state index contributed by atoms with van der Waals surface area (Å²) in [7, 11) is 0. The fourth-order valence-corrected chi connectivity index (χ4v) is 3.52. The summed E-state index contributed by atoms with van der Waals surface area (Å²) in [6.45, 7) is 0.191. The number of carbonyl (C=O) groups excluding carboxylic acids is 1. The van der Waals surface area contributed by atoms with E-state index in [0.717, 1.165) is 11.3 Å². The number of rotatable bonds is 5. The van der Waals surface area contributed by atoms with Crippen molar-refractivity contribution in [3.8, 4) is 22.8 Å². The Labute approximate surface area is 169 Å². The van der Waals surface area contributed by atoms with Crippen molar-refractivity contribution in [1.29, 1.82) is 0 Å². The molecule has 0 fully saturated rings. The van der Waals surface area contributed by atoms with Gasteiger partial charge in [-0.2, -0.15) is 9.61 Å². The number of thioether (sulfide) groups is 1. The fraction of sp³-hybridized carbons (Fsp3) is 0.105. The van der Waals surface area contributed by atoms with Crippen LogP contribution in [0.1, 0.15) is 0 Å². The number of amides is 1. The molecular formula is C19H14N6O3S. The number of aromatic nitrogens is 5. The van der Waals surface area contributed by atoms with Gasteiger partial charge in [-0.15, -0.1) is 10.2 Å². The Morgan fingerprint density at radius 3 is 2.97 bits per heavy atom. The van der Waals surface area contributed by atoms with E-state index in [2.05, 4.69) is 25.6 Å². The molecule has 29 heavy (non-hydrogen) atoms. The minimum Gasteiger partial charge on any atom is -0.454 e. The lowest BCUT2D eigenvalue weighted by molar-refractivity contribution is -0.113. The van der Waals surface area contributed by atoms with E-state index >= 15 is 0 Å². The first kappa shape index (κ1) is 17.4. The summed E-state index contributed by atoms with van der Waals surface area (Å²) in [5, 5.41) is 16.2. The highest BCUT2D eigenvalue weighted by molar-refractivity contribution is 7.99. The molecule has 1 aliphatic rings. The van der Waals surface area contributed by atoms with Crippen LogP contribution in [0.3, 0.4) is 0 Å². The number of pyridine rings is 1. The molecular weight excluding hydrogens is 392 g/mol. The zero-order valence-electron chi connectivity index (χ0n) is 15.0. The Morgan fingerprint density at radius 1 is 1.14 bits per heavy atom. The summed E-state index contributed by atoms with van der Waals surface area (Å²) in [5.41, 5.74) is 2.89. The standard InChI is InChI=1S/C19H14N6O3S/c26-18(21-13-3-5-15-16(8-13)28-11-27-15)10-29-19-23-22-17-6-4-14(24-25(17)19)12-2-1-7-20-9-12/h1-9H,10-11H2,(H,21,26). The molecule has 0 saturated heterocycles. The second kappa shape index (κ2) is 7.40. The van der Waals surface area contributed by atoms with Crippen LogP contribution in [0.2, 0.25) is 0 Å². The summed E-state index contributed by atoms with van der Waals surface area (Å²) in [6.07, 6.45) is 3.45. The highest BCUT2D eigenvalue weighted by atomic mass is 32.2. The smallest absolute Gasteiger partial charge is 0.234 e. The van der Waals surface area contributed by atoms with Crippen LogP contribution in [0.5, 0.6) is 11.5 Å². The van der Waals surface area contributed by atoms with Gasteiger partial charge in [0.2, 0.25) is 17.9 Å². The third kappa shape index (κ3) is 3.57. The van der Waals surface area contributed by atoms with Crippen LogP contribution in [0.25, 0.3) is 16.9 Å². The van der Waals surface area contributed by atoms with E-state index in [1.54, 1.807) is 35.1 Å². The predicted molar refractivity (Wildman–Crippen MR) is 106 cm³/mol. The number of ether oxygens (including phenoxy) is 2. The van der Waals surface area contributed by atoms with Gasteiger partial charge in [-0.1, -0.05) is 11.8 Å². The van der Waals surface area contributed by atoms with E-state index in [1.165, 1.54) is 11.8 Å². The van der Waals surface area contributed by atoms with Crippen molar-refractivity contribution in [2.45, 2.75) is 5.16 Å². The summed E-state index contributed by atoms with van der Waals surface area (Å²) in [4.78, 5) is 16.5. The maximum Gasteiger partial charge on any atom is 0.234 e. The molecule has 4 aromatic rings. The Balaban J connectivity index is 1.29. The first-order valence-electron chi connectivity index (χ1n) is 8.71. The summed E-state index contributed by atoms with van der Waals surface area (Å²) < 4.78 is 12.2. The predicted octanol–water partition coefficient (Wildman–Crippen LogP) is 2.65. The van der Waals surface area contributed by atoms with Crippen molar-refractivity contribution < 1.29 is 14.3 Å². The molecule has 1 amide bonds. The van der Waals surface area contributed by atoms with E-state index in [1.807, 2.05) is 24.3 Å². The molecule has 144 valence electrons. The maximum atomic E-state index is 12.3. The van der Waals surface area contributed by atoms with Crippen LogP contribution in [0.15, 0.2) is 60.0 Å². The highest BCUT2D eigenvalue weighted by Gasteiger charge is 2.15. The average molecular weight is 406 g/mol. The van der Waals surface area contributed by atoms with Crippen molar-refractivity contribution in [2.75, 3.05) is 17.9 Å². The third-order valence-electron chi connectivity index (χ3n) is 4.18. The minimum atomic E-state index is -0.172. The zero-order valence-corrected chi connectivity index (χ0v) is 15.8. The number of anilines is 1. The van der Waals surface area contributed by atoms with Crippen LogP contribution in [0, 0.1) is 0 Å². The number of nitrogens with one attached hydrogen (secondary N) is 1. The number of hydrogen-bond donors (Lipinski definition) is 1. The molecule has 0 aliphatic carbocycles. The Kier molecular flexibility index (Phi) is 4.45. The van der Waals surface area contributed by atoms with E-state index < -0.39 is 0 Å². The number of nitrogens with zero attached hydrogens (tertiary/aromatic N) is 5. The second-order valence-electron chi connectivity index (χ2n) is 6.12. The van der Waals surface area contributed by atoms with Crippen molar-refractivity contribution in [1.82, 2.24) is 24.8 Å². The second-order valence-corrected chi connectivity index (χ2v) is 7.06. The topological polar surface area (TPSA) is 104 Å². The molecule has 0 unspecified atom stereocenters. The Hall–Kier alpha value is -3.66. The molecule has 0 bridgehead atoms. The van der Waals surface area contributed by atoms with Gasteiger partial charge in [0, 0.05) is 29.7 Å². The summed E-state index contributed by atoms with van der Waals surface area (Å²) >= 11 is 1.26. The van der Waals surface area contributed by atoms with Crippen LogP contribution < -0.4 is 14.8 Å². The monoisotopic (exact) mass is 406 g/mol. The number of carbonyl (C=O) groups is 1. The molecule has 9 nitrogen and oxygen atoms in total. The maximum absolute atomic E-state index is 12.3. The molecule has 10 heteroatoms. The first-order chi connectivity index (χ1) is 14.3. The van der Waals surface area contributed by atoms with Gasteiger partial charge in [0.05, 0.1) is 11.4 Å². The van der Waals surface area contributed by atoms with Crippen molar-refractivity contribution in [2.24, 2.45) is 0 Å². The van der Waals surface area contributed by atoms with Gasteiger partial charge in [0.1, 0.15) is 0 Å². The average Bonchev–Trinajstić information content (AvgIpc) is 3.39. The summed E-state index contributed by atoms with van der Waals surface area (Å²) in [5.74, 6) is 1.27. The molecule has 0 spiro atoms. The molecule has 4 heterocycles. The lowest BCUT2D eigenvalue weighted by Gasteiger charge is -2.06. The van der Waals surface area contributed by atoms with Crippen LogP contribution >= 0.6 is 11.8 Å². The van der Waals surface area contributed by atoms with Gasteiger partial charge in [-0.3, -0.25) is 9.78 Å². The van der Waals surface area contributed by atoms with E-state index in [9.17, 15) is 4.79 Å². The number of benzene rings is 1. The van der Waals surface area contributed by atoms with Gasteiger partial charge < -0.3 is 14.8 Å². The van der Waals surface area contributed by atoms with Gasteiger partial charge in [-0.05, 0) is 36.4 Å². The molecule has 0 saturated carbocycles. The summed E-state index contributed by atoms with van der Waals surface area (Å²) in [6, 6.07) is 12.7. The van der Waals surface area contributed by atoms with Crippen molar-refractivity contribution in [3.63, 3.8) is 0 Å². The van der Waals surface area contributed by atoms with Gasteiger partial charge in [0.25, 0.3) is 0 Å². The molecule has 1 aromatic carbocycles. The number of hydrogen-bond acceptors (Lipinski definition) is 8. The van der Waals surface area contributed by atoms with Crippen LogP contribution in [-0.4, -0.2) is 43.2 Å². The first-order valence-corrected chi connectivity index (χ1v) is 9.70. The van der Waals surface area contributed by atoms with E-state index in [4.69, 9.17) is 9.47 Å². The Bertz CT molecular complexity index is 1200. The van der Waals surface area contributed by atoms with E-state index in [0.29, 0.717) is 28.0 Å².